The summed E-state index contributed by atoms with van der Waals surface area (Å²) >= 11 is 0. The van der Waals surface area contributed by atoms with Gasteiger partial charge in [-0.15, -0.1) is 0 Å². The van der Waals surface area contributed by atoms with E-state index < -0.39 is 17.5 Å². The van der Waals surface area contributed by atoms with Gasteiger partial charge in [0.25, 0.3) is 0 Å². The Kier molecular flexibility index (Phi) is 5.87. The molecule has 0 radical (unpaired) electrons. The topological polar surface area (TPSA) is 117 Å². The van der Waals surface area contributed by atoms with E-state index in [1.165, 1.54) is 5.56 Å². The molecule has 0 spiro atoms. The van der Waals surface area contributed by atoms with Gasteiger partial charge >= 0.3 is 0 Å². The Morgan fingerprint density at radius 3 is 2.57 bits per heavy atom. The highest BCUT2D eigenvalue weighted by Crippen LogP contribution is 2.37. The second kappa shape index (κ2) is 8.87. The number of aromatic amines is 1. The molecule has 0 saturated carbocycles. The summed E-state index contributed by atoms with van der Waals surface area (Å²) in [5.74, 6) is -1.54. The third-order valence-electron chi connectivity index (χ3n) is 7.69. The van der Waals surface area contributed by atoms with Gasteiger partial charge in [0.05, 0.1) is 5.92 Å². The van der Waals surface area contributed by atoms with E-state index in [1.54, 1.807) is 0 Å². The second-order valence-electron chi connectivity index (χ2n) is 10.3. The third-order valence-corrected chi connectivity index (χ3v) is 7.69. The van der Waals surface area contributed by atoms with Crippen LogP contribution in [0.25, 0.3) is 10.9 Å². The molecule has 1 unspecified atom stereocenters. The predicted molar refractivity (Wildman–Crippen MR) is 135 cm³/mol. The highest BCUT2D eigenvalue weighted by atomic mass is 16.2. The zero-order chi connectivity index (χ0) is 24.7. The smallest absolute Gasteiger partial charge is 0.246 e. The Labute approximate surface area is 204 Å². The van der Waals surface area contributed by atoms with Gasteiger partial charge in [0.1, 0.15) is 11.6 Å². The number of H-pyrrole nitrogens is 1. The molecule has 5 rings (SSSR count). The van der Waals surface area contributed by atoms with Gasteiger partial charge in [0, 0.05) is 23.0 Å². The zero-order valence-corrected chi connectivity index (χ0v) is 20.2. The van der Waals surface area contributed by atoms with E-state index in [0.717, 1.165) is 40.6 Å². The van der Waals surface area contributed by atoms with Crippen LogP contribution < -0.4 is 16.4 Å². The highest BCUT2D eigenvalue weighted by molar-refractivity contribution is 5.98. The fourth-order valence-electron chi connectivity index (χ4n) is 5.76. The van der Waals surface area contributed by atoms with Crippen molar-refractivity contribution in [2.75, 3.05) is 0 Å². The quantitative estimate of drug-likeness (QED) is 0.442. The van der Waals surface area contributed by atoms with E-state index in [2.05, 4.69) is 21.7 Å². The number of aryl methyl sites for hydroxylation is 2. The van der Waals surface area contributed by atoms with Crippen LogP contribution >= 0.6 is 0 Å². The van der Waals surface area contributed by atoms with Crippen molar-refractivity contribution in [1.29, 1.82) is 0 Å². The molecule has 0 fully saturated rings. The maximum absolute atomic E-state index is 13.9. The number of amides is 3. The first-order valence-corrected chi connectivity index (χ1v) is 12.4. The average molecular weight is 473 g/mol. The minimum absolute atomic E-state index is 0.145. The maximum atomic E-state index is 13.9. The number of nitrogens with two attached hydrogens (primary N) is 1. The van der Waals surface area contributed by atoms with E-state index in [9.17, 15) is 14.4 Å². The second-order valence-corrected chi connectivity index (χ2v) is 10.3. The first-order chi connectivity index (χ1) is 16.8. The van der Waals surface area contributed by atoms with E-state index in [0.29, 0.717) is 19.3 Å². The van der Waals surface area contributed by atoms with Crippen LogP contribution in [0.15, 0.2) is 48.5 Å². The molecule has 7 nitrogen and oxygen atoms in total. The number of carbonyl (C=O) groups excluding carboxylic acids is 3. The van der Waals surface area contributed by atoms with Gasteiger partial charge < -0.3 is 21.4 Å². The van der Waals surface area contributed by atoms with Gasteiger partial charge in [-0.3, -0.25) is 14.4 Å². The number of hydrogen-bond acceptors (Lipinski definition) is 3. The van der Waals surface area contributed by atoms with Crippen LogP contribution in [-0.4, -0.2) is 34.3 Å². The number of carbonyl (C=O) groups is 3. The lowest BCUT2D eigenvalue weighted by atomic mass is 9.78. The normalized spacial score (nSPS) is 21.9. The summed E-state index contributed by atoms with van der Waals surface area (Å²) in [6, 6.07) is 15.2. The molecule has 3 amide bonds. The molecular weight excluding hydrogens is 440 g/mol. The predicted octanol–water partition coefficient (Wildman–Crippen LogP) is 2.87. The summed E-state index contributed by atoms with van der Waals surface area (Å²) in [6.07, 6.45) is 2.96. The fourth-order valence-corrected chi connectivity index (χ4v) is 5.76. The van der Waals surface area contributed by atoms with Gasteiger partial charge in [0.2, 0.25) is 17.7 Å². The molecule has 2 aromatic carbocycles. The average Bonchev–Trinajstić information content (AvgIpc) is 3.43. The number of para-hydroxylation sites is 1. The lowest BCUT2D eigenvalue weighted by Gasteiger charge is -2.38. The molecule has 0 saturated heterocycles. The molecule has 0 bridgehead atoms. The van der Waals surface area contributed by atoms with Crippen LogP contribution in [-0.2, 0) is 33.6 Å². The van der Waals surface area contributed by atoms with Crippen LogP contribution in [0.5, 0.6) is 0 Å². The lowest BCUT2D eigenvalue weighted by molar-refractivity contribution is -0.137. The number of fused-ring (bicyclic) bond motifs is 4. The van der Waals surface area contributed by atoms with E-state index >= 15 is 0 Å². The van der Waals surface area contributed by atoms with Crippen LogP contribution in [0.2, 0.25) is 0 Å². The van der Waals surface area contributed by atoms with Crippen LogP contribution in [0.1, 0.15) is 55.0 Å². The number of rotatable bonds is 6. The molecule has 3 atom stereocenters. The van der Waals surface area contributed by atoms with Gasteiger partial charge in [0.15, 0.2) is 0 Å². The van der Waals surface area contributed by atoms with Crippen LogP contribution in [0.3, 0.4) is 0 Å². The molecule has 182 valence electrons. The number of benzene rings is 2. The standard InChI is InChI=1S/C28H32N4O3/c1-16(2)24(25(29)33)31-27(35)28(32-26(34)20-12-11-17-7-3-4-8-18(17)20)14-13-23-21(15-28)19-9-5-6-10-22(19)30-23/h3-10,16,20,24,30H,11-15H2,1-2H3,(H2,29,33)(H,31,35)(H,32,34)/t20-,24?,28+/m0/s1. The summed E-state index contributed by atoms with van der Waals surface area (Å²) in [7, 11) is 0. The monoisotopic (exact) mass is 472 g/mol. The van der Waals surface area contributed by atoms with Crippen LogP contribution in [0.4, 0.5) is 0 Å². The Bertz CT molecular complexity index is 1310. The minimum Gasteiger partial charge on any atom is -0.368 e. The van der Waals surface area contributed by atoms with Crippen molar-refractivity contribution < 1.29 is 14.4 Å². The van der Waals surface area contributed by atoms with E-state index in [-0.39, 0.29) is 23.7 Å². The first kappa shape index (κ1) is 23.1. The molecule has 35 heavy (non-hydrogen) atoms. The van der Waals surface area contributed by atoms with Crippen molar-refractivity contribution in [2.45, 2.75) is 63.5 Å². The molecule has 7 heteroatoms. The van der Waals surface area contributed by atoms with Crippen molar-refractivity contribution in [3.05, 3.63) is 70.9 Å². The largest absolute Gasteiger partial charge is 0.368 e. The zero-order valence-electron chi connectivity index (χ0n) is 20.2. The third kappa shape index (κ3) is 4.09. The van der Waals surface area contributed by atoms with E-state index in [1.807, 2.05) is 56.3 Å². The summed E-state index contributed by atoms with van der Waals surface area (Å²) in [5, 5.41) is 7.10. The summed E-state index contributed by atoms with van der Waals surface area (Å²) in [4.78, 5) is 43.1. The summed E-state index contributed by atoms with van der Waals surface area (Å²) in [6.45, 7) is 3.68. The highest BCUT2D eigenvalue weighted by Gasteiger charge is 2.46. The van der Waals surface area contributed by atoms with Crippen molar-refractivity contribution in [2.24, 2.45) is 11.7 Å². The molecule has 3 aromatic rings. The lowest BCUT2D eigenvalue weighted by Crippen LogP contribution is -2.65. The molecule has 2 aliphatic rings. The van der Waals surface area contributed by atoms with Gasteiger partial charge in [-0.1, -0.05) is 56.3 Å². The Morgan fingerprint density at radius 1 is 1.06 bits per heavy atom. The number of primary amides is 1. The molecule has 5 N–H and O–H groups in total. The minimum atomic E-state index is -1.17. The van der Waals surface area contributed by atoms with Gasteiger partial charge in [-0.25, -0.2) is 0 Å². The molecule has 1 aromatic heterocycles. The fraction of sp³-hybridized carbons (Fsp3) is 0.393. The SMILES string of the molecule is CC(C)C(NC(=O)[C@@]1(NC(=O)[C@H]2CCc3ccccc32)CCc2[nH]c3ccccc3c2C1)C(N)=O. The molecule has 1 heterocycles. The number of nitrogens with one attached hydrogen (secondary N) is 3. The van der Waals surface area contributed by atoms with Crippen molar-refractivity contribution >= 4 is 28.6 Å². The number of aromatic nitrogens is 1. The van der Waals surface area contributed by atoms with Crippen molar-refractivity contribution in [3.8, 4) is 0 Å². The Balaban J connectivity index is 1.50. The van der Waals surface area contributed by atoms with Gasteiger partial charge in [-0.05, 0) is 54.4 Å². The van der Waals surface area contributed by atoms with Crippen molar-refractivity contribution in [3.63, 3.8) is 0 Å². The van der Waals surface area contributed by atoms with E-state index in [4.69, 9.17) is 5.73 Å². The molecule has 2 aliphatic carbocycles. The molecule has 0 aliphatic heterocycles. The molecular formula is C28H32N4O3. The Morgan fingerprint density at radius 2 is 1.80 bits per heavy atom. The first-order valence-electron chi connectivity index (χ1n) is 12.4. The van der Waals surface area contributed by atoms with Crippen LogP contribution in [0, 0.1) is 5.92 Å². The maximum Gasteiger partial charge on any atom is 0.246 e. The number of hydrogen-bond donors (Lipinski definition) is 4. The summed E-state index contributed by atoms with van der Waals surface area (Å²) in [5.41, 5.74) is 9.78. The van der Waals surface area contributed by atoms with Crippen molar-refractivity contribution in [1.82, 2.24) is 15.6 Å². The summed E-state index contributed by atoms with van der Waals surface area (Å²) < 4.78 is 0. The Hall–Kier alpha value is -3.61. The van der Waals surface area contributed by atoms with Gasteiger partial charge in [-0.2, -0.15) is 0 Å².